The van der Waals surface area contributed by atoms with Crippen LogP contribution in [0.2, 0.25) is 0 Å². The van der Waals surface area contributed by atoms with Crippen LogP contribution in [0.5, 0.6) is 0 Å². The minimum atomic E-state index is -0.321. The molecule has 0 atom stereocenters. The fraction of sp³-hybridized carbons (Fsp3) is 0.278. The number of hydrogen-bond donors (Lipinski definition) is 0. The number of carbonyl (C=O) groups excluding carboxylic acids is 1. The molecule has 0 aliphatic carbocycles. The second-order valence-corrected chi connectivity index (χ2v) is 5.36. The van der Waals surface area contributed by atoms with Crippen LogP contribution >= 0.6 is 0 Å². The molecule has 0 aliphatic heterocycles. The van der Waals surface area contributed by atoms with Gasteiger partial charge in [0, 0.05) is 25.1 Å². The number of rotatable bonds is 6. The fourth-order valence-corrected chi connectivity index (χ4v) is 2.18. The second kappa shape index (κ2) is 7.14. The van der Waals surface area contributed by atoms with Crippen molar-refractivity contribution < 1.29 is 9.18 Å². The zero-order chi connectivity index (χ0) is 15.2. The Morgan fingerprint density at radius 3 is 2.52 bits per heavy atom. The maximum atomic E-state index is 13.5. The van der Waals surface area contributed by atoms with Gasteiger partial charge in [0.2, 0.25) is 0 Å². The minimum absolute atomic E-state index is 0.0196. The zero-order valence-electron chi connectivity index (χ0n) is 12.5. The first kappa shape index (κ1) is 15.4. The standard InChI is InChI=1S/C18H20FNO/c1-14-8-9-16(12-17(14)19)18(21)10-11-20(2)13-15-6-4-3-5-7-15/h3-9,12H,10-11,13H2,1-2H3. The van der Waals surface area contributed by atoms with E-state index in [1.165, 1.54) is 11.6 Å². The van der Waals surface area contributed by atoms with Crippen LogP contribution in [0.25, 0.3) is 0 Å². The van der Waals surface area contributed by atoms with Crippen molar-refractivity contribution in [1.29, 1.82) is 0 Å². The van der Waals surface area contributed by atoms with Gasteiger partial charge in [0.15, 0.2) is 5.78 Å². The zero-order valence-corrected chi connectivity index (χ0v) is 12.5. The second-order valence-electron chi connectivity index (χ2n) is 5.36. The van der Waals surface area contributed by atoms with Crippen molar-refractivity contribution in [1.82, 2.24) is 4.90 Å². The highest BCUT2D eigenvalue weighted by atomic mass is 19.1. The molecule has 2 aromatic rings. The van der Waals surface area contributed by atoms with Crippen LogP contribution < -0.4 is 0 Å². The largest absolute Gasteiger partial charge is 0.302 e. The van der Waals surface area contributed by atoms with Crippen LogP contribution in [0.3, 0.4) is 0 Å². The molecule has 0 bridgehead atoms. The number of Topliss-reactive ketones (excluding diaryl/α,β-unsaturated/α-hetero) is 1. The van der Waals surface area contributed by atoms with Crippen LogP contribution in [0.1, 0.15) is 27.9 Å². The van der Waals surface area contributed by atoms with Gasteiger partial charge in [-0.15, -0.1) is 0 Å². The van der Waals surface area contributed by atoms with Crippen LogP contribution in [0.15, 0.2) is 48.5 Å². The molecule has 0 spiro atoms. The van der Waals surface area contributed by atoms with E-state index >= 15 is 0 Å². The summed E-state index contributed by atoms with van der Waals surface area (Å²) in [5, 5.41) is 0. The van der Waals surface area contributed by atoms with E-state index in [-0.39, 0.29) is 11.6 Å². The van der Waals surface area contributed by atoms with Crippen molar-refractivity contribution in [3.8, 4) is 0 Å². The first-order chi connectivity index (χ1) is 10.1. The van der Waals surface area contributed by atoms with Gasteiger partial charge in [0.25, 0.3) is 0 Å². The summed E-state index contributed by atoms with van der Waals surface area (Å²) < 4.78 is 13.5. The summed E-state index contributed by atoms with van der Waals surface area (Å²) >= 11 is 0. The lowest BCUT2D eigenvalue weighted by atomic mass is 10.1. The van der Waals surface area contributed by atoms with E-state index in [2.05, 4.69) is 17.0 Å². The van der Waals surface area contributed by atoms with Crippen LogP contribution in [-0.2, 0) is 6.54 Å². The van der Waals surface area contributed by atoms with E-state index in [9.17, 15) is 9.18 Å². The smallest absolute Gasteiger partial charge is 0.164 e. The van der Waals surface area contributed by atoms with E-state index in [4.69, 9.17) is 0 Å². The van der Waals surface area contributed by atoms with Gasteiger partial charge in [0.1, 0.15) is 5.82 Å². The maximum Gasteiger partial charge on any atom is 0.164 e. The quantitative estimate of drug-likeness (QED) is 0.752. The number of halogens is 1. The first-order valence-corrected chi connectivity index (χ1v) is 7.08. The highest BCUT2D eigenvalue weighted by Gasteiger charge is 2.10. The molecule has 0 amide bonds. The monoisotopic (exact) mass is 285 g/mol. The summed E-state index contributed by atoms with van der Waals surface area (Å²) in [7, 11) is 1.98. The predicted octanol–water partition coefficient (Wildman–Crippen LogP) is 3.84. The third kappa shape index (κ3) is 4.50. The van der Waals surface area contributed by atoms with Crippen LogP contribution in [-0.4, -0.2) is 24.3 Å². The van der Waals surface area contributed by atoms with E-state index < -0.39 is 0 Å². The molecule has 0 unspecified atom stereocenters. The third-order valence-electron chi connectivity index (χ3n) is 3.51. The van der Waals surface area contributed by atoms with Crippen molar-refractivity contribution in [2.45, 2.75) is 19.9 Å². The first-order valence-electron chi connectivity index (χ1n) is 7.08. The van der Waals surface area contributed by atoms with Gasteiger partial charge in [0.05, 0.1) is 0 Å². The Labute approximate surface area is 125 Å². The molecule has 2 aromatic carbocycles. The van der Waals surface area contributed by atoms with Gasteiger partial charge in [-0.1, -0.05) is 42.5 Å². The molecule has 0 fully saturated rings. The Kier molecular flexibility index (Phi) is 5.23. The molecule has 0 saturated heterocycles. The van der Waals surface area contributed by atoms with Crippen molar-refractivity contribution in [3.05, 3.63) is 71.0 Å². The number of hydrogen-bond acceptors (Lipinski definition) is 2. The van der Waals surface area contributed by atoms with Crippen molar-refractivity contribution >= 4 is 5.78 Å². The molecule has 0 N–H and O–H groups in total. The van der Waals surface area contributed by atoms with Gasteiger partial charge in [-0.25, -0.2) is 4.39 Å². The predicted molar refractivity (Wildman–Crippen MR) is 82.9 cm³/mol. The number of carbonyl (C=O) groups is 1. The van der Waals surface area contributed by atoms with Crippen molar-refractivity contribution in [3.63, 3.8) is 0 Å². The van der Waals surface area contributed by atoms with Crippen LogP contribution in [0, 0.1) is 12.7 Å². The topological polar surface area (TPSA) is 20.3 Å². The summed E-state index contributed by atoms with van der Waals surface area (Å²) in [6, 6.07) is 14.8. The van der Waals surface area contributed by atoms with E-state index in [1.54, 1.807) is 19.1 Å². The van der Waals surface area contributed by atoms with E-state index in [0.29, 0.717) is 24.1 Å². The van der Waals surface area contributed by atoms with E-state index in [1.807, 2.05) is 25.2 Å². The van der Waals surface area contributed by atoms with Crippen molar-refractivity contribution in [2.24, 2.45) is 0 Å². The Morgan fingerprint density at radius 1 is 1.14 bits per heavy atom. The van der Waals surface area contributed by atoms with Gasteiger partial charge in [-0.2, -0.15) is 0 Å². The Balaban J connectivity index is 1.87. The molecule has 21 heavy (non-hydrogen) atoms. The molecule has 2 rings (SSSR count). The molecule has 0 radical (unpaired) electrons. The fourth-order valence-electron chi connectivity index (χ4n) is 2.18. The number of aryl methyl sites for hydroxylation is 1. The number of nitrogens with zero attached hydrogens (tertiary/aromatic N) is 1. The molecule has 2 nitrogen and oxygen atoms in total. The van der Waals surface area contributed by atoms with Gasteiger partial charge in [-0.05, 0) is 31.2 Å². The summed E-state index contributed by atoms with van der Waals surface area (Å²) in [6.45, 7) is 3.15. The molecular weight excluding hydrogens is 265 g/mol. The SMILES string of the molecule is Cc1ccc(C(=O)CCN(C)Cc2ccccc2)cc1F. The molecule has 0 aromatic heterocycles. The van der Waals surface area contributed by atoms with Gasteiger partial charge < -0.3 is 4.90 Å². The Hall–Kier alpha value is -2.00. The highest BCUT2D eigenvalue weighted by Crippen LogP contribution is 2.12. The lowest BCUT2D eigenvalue weighted by Gasteiger charge is -2.16. The van der Waals surface area contributed by atoms with E-state index in [0.717, 1.165) is 6.54 Å². The van der Waals surface area contributed by atoms with Crippen molar-refractivity contribution in [2.75, 3.05) is 13.6 Å². The average molecular weight is 285 g/mol. The molecule has 0 saturated carbocycles. The maximum absolute atomic E-state index is 13.5. The molecule has 110 valence electrons. The molecule has 3 heteroatoms. The molecular formula is C18H20FNO. The Morgan fingerprint density at radius 2 is 1.86 bits per heavy atom. The minimum Gasteiger partial charge on any atom is -0.302 e. The summed E-state index contributed by atoms with van der Waals surface area (Å²) in [5.41, 5.74) is 2.23. The molecule has 0 aliphatic rings. The lowest BCUT2D eigenvalue weighted by Crippen LogP contribution is -2.21. The van der Waals surface area contributed by atoms with Gasteiger partial charge >= 0.3 is 0 Å². The Bertz CT molecular complexity index is 610. The average Bonchev–Trinajstić information content (AvgIpc) is 2.48. The highest BCUT2D eigenvalue weighted by molar-refractivity contribution is 5.96. The molecule has 0 heterocycles. The number of benzene rings is 2. The summed E-state index contributed by atoms with van der Waals surface area (Å²) in [4.78, 5) is 14.2. The van der Waals surface area contributed by atoms with Crippen LogP contribution in [0.4, 0.5) is 4.39 Å². The summed E-state index contributed by atoms with van der Waals surface area (Å²) in [6.07, 6.45) is 0.395. The lowest BCUT2D eigenvalue weighted by molar-refractivity contribution is 0.0967. The summed E-state index contributed by atoms with van der Waals surface area (Å²) in [5.74, 6) is -0.340. The number of ketones is 1. The normalized spacial score (nSPS) is 10.9. The third-order valence-corrected chi connectivity index (χ3v) is 3.51. The van der Waals surface area contributed by atoms with Gasteiger partial charge in [-0.3, -0.25) is 4.79 Å².